The van der Waals surface area contributed by atoms with E-state index in [1.165, 1.54) is 11.1 Å². The van der Waals surface area contributed by atoms with Gasteiger partial charge >= 0.3 is 0 Å². The van der Waals surface area contributed by atoms with Crippen LogP contribution < -0.4 is 14.2 Å². The Morgan fingerprint density at radius 1 is 1.25 bits per heavy atom. The number of nitrogens with zero attached hydrogens (tertiary/aromatic N) is 1. The quantitative estimate of drug-likeness (QED) is 0.727. The Hall–Kier alpha value is -2.53. The van der Waals surface area contributed by atoms with E-state index in [-0.39, 0.29) is 18.6 Å². The summed E-state index contributed by atoms with van der Waals surface area (Å²) in [6, 6.07) is 12.3. The first-order valence-corrected chi connectivity index (χ1v) is 10.00. The third-order valence-electron chi connectivity index (χ3n) is 5.75. The maximum absolute atomic E-state index is 12.9. The topological polar surface area (TPSA) is 48.0 Å². The number of benzene rings is 2. The summed E-state index contributed by atoms with van der Waals surface area (Å²) in [7, 11) is 1.66. The monoisotopic (exact) mass is 381 g/mol. The highest BCUT2D eigenvalue weighted by Crippen LogP contribution is 2.50. The molecule has 2 aromatic rings. The molecular formula is C23H27NO4. The van der Waals surface area contributed by atoms with E-state index in [2.05, 4.69) is 30.0 Å². The van der Waals surface area contributed by atoms with Gasteiger partial charge in [-0.1, -0.05) is 37.3 Å². The van der Waals surface area contributed by atoms with Crippen molar-refractivity contribution in [3.63, 3.8) is 0 Å². The molecule has 2 aromatic carbocycles. The van der Waals surface area contributed by atoms with Crippen molar-refractivity contribution in [1.82, 2.24) is 4.90 Å². The summed E-state index contributed by atoms with van der Waals surface area (Å²) >= 11 is 0. The summed E-state index contributed by atoms with van der Waals surface area (Å²) in [6.45, 7) is 4.19. The van der Waals surface area contributed by atoms with Crippen LogP contribution in [0.4, 0.5) is 0 Å². The van der Waals surface area contributed by atoms with E-state index in [1.807, 2.05) is 18.2 Å². The van der Waals surface area contributed by atoms with Crippen molar-refractivity contribution in [2.24, 2.45) is 0 Å². The lowest BCUT2D eigenvalue weighted by Crippen LogP contribution is -2.36. The van der Waals surface area contributed by atoms with Gasteiger partial charge in [-0.2, -0.15) is 0 Å². The largest absolute Gasteiger partial charge is 0.492 e. The number of hydrogen-bond acceptors (Lipinski definition) is 5. The number of carbonyl (C=O) groups excluding carboxylic acids is 1. The van der Waals surface area contributed by atoms with E-state index >= 15 is 0 Å². The van der Waals surface area contributed by atoms with Crippen molar-refractivity contribution >= 4 is 5.78 Å². The van der Waals surface area contributed by atoms with Gasteiger partial charge < -0.3 is 14.2 Å². The maximum atomic E-state index is 12.9. The fourth-order valence-electron chi connectivity index (χ4n) is 4.31. The van der Waals surface area contributed by atoms with Crippen LogP contribution in [0.3, 0.4) is 0 Å². The molecule has 0 aliphatic carbocycles. The molecule has 0 bridgehead atoms. The van der Waals surface area contributed by atoms with E-state index in [9.17, 15) is 4.79 Å². The Bertz CT molecular complexity index is 849. The number of carbonyl (C=O) groups is 1. The van der Waals surface area contributed by atoms with Gasteiger partial charge in [0, 0.05) is 31.0 Å². The maximum Gasteiger partial charge on any atom is 0.231 e. The molecule has 1 unspecified atom stereocenters. The minimum absolute atomic E-state index is 0.0153. The van der Waals surface area contributed by atoms with Gasteiger partial charge in [0.25, 0.3) is 0 Å². The molecule has 0 fully saturated rings. The van der Waals surface area contributed by atoms with Crippen LogP contribution in [0.2, 0.25) is 0 Å². The van der Waals surface area contributed by atoms with Crippen LogP contribution in [0, 0.1) is 0 Å². The number of aryl methyl sites for hydroxylation is 1. The molecule has 0 saturated carbocycles. The Morgan fingerprint density at radius 3 is 2.82 bits per heavy atom. The molecule has 148 valence electrons. The third kappa shape index (κ3) is 3.59. The second-order valence-electron chi connectivity index (χ2n) is 7.34. The Morgan fingerprint density at radius 2 is 2.07 bits per heavy atom. The molecule has 0 aromatic heterocycles. The van der Waals surface area contributed by atoms with E-state index in [1.54, 1.807) is 7.11 Å². The molecule has 2 aliphatic heterocycles. The molecule has 1 atom stereocenters. The van der Waals surface area contributed by atoms with Crippen LogP contribution in [0.1, 0.15) is 42.5 Å². The molecule has 5 heteroatoms. The van der Waals surface area contributed by atoms with Crippen molar-refractivity contribution in [2.75, 3.05) is 27.0 Å². The molecule has 0 amide bonds. The van der Waals surface area contributed by atoms with Crippen molar-refractivity contribution in [1.29, 1.82) is 0 Å². The van der Waals surface area contributed by atoms with Crippen LogP contribution in [0.25, 0.3) is 0 Å². The van der Waals surface area contributed by atoms with E-state index in [0.29, 0.717) is 18.6 Å². The number of rotatable bonds is 7. The Balaban J connectivity index is 1.58. The highest BCUT2D eigenvalue weighted by Gasteiger charge is 2.35. The van der Waals surface area contributed by atoms with Crippen LogP contribution in [-0.4, -0.2) is 37.7 Å². The van der Waals surface area contributed by atoms with Crippen molar-refractivity contribution in [3.05, 3.63) is 53.1 Å². The van der Waals surface area contributed by atoms with Gasteiger partial charge in [-0.05, 0) is 36.6 Å². The summed E-state index contributed by atoms with van der Waals surface area (Å²) in [5.41, 5.74) is 3.49. The fraction of sp³-hybridized carbons (Fsp3) is 0.435. The molecule has 0 N–H and O–H groups in total. The van der Waals surface area contributed by atoms with Gasteiger partial charge in [0.2, 0.25) is 12.5 Å². The summed E-state index contributed by atoms with van der Waals surface area (Å²) in [6.07, 6.45) is 2.75. The average Bonchev–Trinajstić information content (AvgIpc) is 3.20. The predicted molar refractivity (Wildman–Crippen MR) is 107 cm³/mol. The summed E-state index contributed by atoms with van der Waals surface area (Å²) in [4.78, 5) is 15.2. The summed E-state index contributed by atoms with van der Waals surface area (Å²) in [5.74, 6) is 2.42. The smallest absolute Gasteiger partial charge is 0.231 e. The summed E-state index contributed by atoms with van der Waals surface area (Å²) < 4.78 is 17.0. The number of fused-ring (bicyclic) bond motifs is 2. The van der Waals surface area contributed by atoms with Crippen LogP contribution >= 0.6 is 0 Å². The lowest BCUT2D eigenvalue weighted by atomic mass is 9.87. The number of ketones is 1. The van der Waals surface area contributed by atoms with Crippen LogP contribution in [-0.2, 0) is 17.6 Å². The second-order valence-corrected chi connectivity index (χ2v) is 7.34. The minimum Gasteiger partial charge on any atom is -0.492 e. The first-order valence-electron chi connectivity index (χ1n) is 10.00. The zero-order chi connectivity index (χ0) is 19.5. The van der Waals surface area contributed by atoms with Gasteiger partial charge in [-0.25, -0.2) is 0 Å². The highest BCUT2D eigenvalue weighted by atomic mass is 16.7. The summed E-state index contributed by atoms with van der Waals surface area (Å²) in [5, 5.41) is 0. The van der Waals surface area contributed by atoms with E-state index in [0.717, 1.165) is 43.0 Å². The first kappa shape index (κ1) is 18.8. The Kier molecular flexibility index (Phi) is 5.53. The molecule has 0 spiro atoms. The molecule has 4 rings (SSSR count). The lowest BCUT2D eigenvalue weighted by Gasteiger charge is -2.37. The number of ether oxygens (including phenoxy) is 3. The molecule has 0 radical (unpaired) electrons. The lowest BCUT2D eigenvalue weighted by molar-refractivity contribution is -0.120. The average molecular weight is 381 g/mol. The normalized spacial score (nSPS) is 18.0. The molecular weight excluding hydrogens is 354 g/mol. The minimum atomic E-state index is 0.0153. The highest BCUT2D eigenvalue weighted by molar-refractivity contribution is 5.80. The molecule has 2 heterocycles. The van der Waals surface area contributed by atoms with Crippen molar-refractivity contribution in [3.8, 4) is 17.2 Å². The molecule has 5 nitrogen and oxygen atoms in total. The number of hydrogen-bond donors (Lipinski definition) is 0. The Labute approximate surface area is 166 Å². The van der Waals surface area contributed by atoms with Gasteiger partial charge in [-0.3, -0.25) is 9.69 Å². The molecule has 28 heavy (non-hydrogen) atoms. The van der Waals surface area contributed by atoms with Gasteiger partial charge in [0.05, 0.1) is 7.11 Å². The SMILES string of the molecule is CCN1CCc2cc3c(c(OC)c2C1CC(=O)CCc1ccccc1)OCO3. The van der Waals surface area contributed by atoms with Crippen molar-refractivity contribution < 1.29 is 19.0 Å². The zero-order valence-corrected chi connectivity index (χ0v) is 16.6. The van der Waals surface area contributed by atoms with Crippen LogP contribution in [0.15, 0.2) is 36.4 Å². The van der Waals surface area contributed by atoms with Crippen molar-refractivity contribution in [2.45, 2.75) is 38.6 Å². The second kappa shape index (κ2) is 8.23. The van der Waals surface area contributed by atoms with Crippen LogP contribution in [0.5, 0.6) is 17.2 Å². The molecule has 2 aliphatic rings. The van der Waals surface area contributed by atoms with E-state index in [4.69, 9.17) is 14.2 Å². The third-order valence-corrected chi connectivity index (χ3v) is 5.75. The number of Topliss-reactive ketones (excluding diaryl/α,β-unsaturated/α-hetero) is 1. The van der Waals surface area contributed by atoms with Gasteiger partial charge in [0.1, 0.15) is 5.78 Å². The van der Waals surface area contributed by atoms with E-state index < -0.39 is 0 Å². The fourth-order valence-corrected chi connectivity index (χ4v) is 4.31. The standard InChI is InChI=1S/C23H27NO4/c1-3-24-12-11-17-13-20-22(28-15-27-20)23(26-2)21(17)19(24)14-18(25)10-9-16-7-5-4-6-8-16/h4-8,13,19H,3,9-12,14-15H2,1-2H3. The zero-order valence-electron chi connectivity index (χ0n) is 16.6. The van der Waals surface area contributed by atoms with Gasteiger partial charge in [0.15, 0.2) is 11.5 Å². The predicted octanol–water partition coefficient (Wildman–Crippen LogP) is 3.94. The number of likely N-dealkylation sites (N-methyl/N-ethyl adjacent to an activating group) is 1. The first-order chi connectivity index (χ1) is 13.7. The van der Waals surface area contributed by atoms with Gasteiger partial charge in [-0.15, -0.1) is 0 Å². The number of methoxy groups -OCH3 is 1. The molecule has 0 saturated heterocycles.